The van der Waals surface area contributed by atoms with E-state index in [1.807, 2.05) is 0 Å². The van der Waals surface area contributed by atoms with Crippen LogP contribution in [-0.2, 0) is 17.7 Å². The van der Waals surface area contributed by atoms with E-state index in [0.29, 0.717) is 0 Å². The number of amides is 1. The maximum Gasteiger partial charge on any atom is 0.287 e. The van der Waals surface area contributed by atoms with Gasteiger partial charge in [-0.1, -0.05) is 0 Å². The van der Waals surface area contributed by atoms with Gasteiger partial charge in [0.15, 0.2) is 0 Å². The third-order valence-corrected chi connectivity index (χ3v) is 4.10. The fraction of sp³-hybridized carbons (Fsp3) is 0.545. The number of hydroxylamine groups is 2. The topological polar surface area (TPSA) is 55.6 Å². The van der Waals surface area contributed by atoms with Crippen LogP contribution in [0, 0.1) is 0 Å². The molecule has 0 unspecified atom stereocenters. The van der Waals surface area contributed by atoms with E-state index in [-0.39, 0.29) is 5.91 Å². The largest absolute Gasteiger partial charge is 0.390 e. The van der Waals surface area contributed by atoms with Crippen LogP contribution in [0.2, 0.25) is 0 Å². The van der Waals surface area contributed by atoms with Crippen LogP contribution in [0.5, 0.6) is 0 Å². The Hall–Kier alpha value is -1.07. The highest BCUT2D eigenvalue weighted by atomic mass is 32.1. The normalized spacial score (nSPS) is 14.6. The molecule has 1 aliphatic rings. The Kier molecular flexibility index (Phi) is 3.16. The highest BCUT2D eigenvalue weighted by Crippen LogP contribution is 2.36. The number of thiophene rings is 1. The van der Waals surface area contributed by atoms with Crippen molar-refractivity contribution in [1.82, 2.24) is 5.06 Å². The second-order valence-corrected chi connectivity index (χ2v) is 5.00. The number of fused-ring (bicyclic) bond motifs is 1. The minimum absolute atomic E-state index is 0.0950. The number of carbonyl (C=O) groups is 1. The van der Waals surface area contributed by atoms with Crippen molar-refractivity contribution in [3.8, 4) is 0 Å². The van der Waals surface area contributed by atoms with E-state index < -0.39 is 0 Å². The Morgan fingerprint density at radius 2 is 2.00 bits per heavy atom. The van der Waals surface area contributed by atoms with Gasteiger partial charge in [-0.3, -0.25) is 9.63 Å². The monoisotopic (exact) mass is 240 g/mol. The Labute approximate surface area is 98.9 Å². The zero-order chi connectivity index (χ0) is 11.7. The predicted molar refractivity (Wildman–Crippen MR) is 64.5 cm³/mol. The van der Waals surface area contributed by atoms with E-state index >= 15 is 0 Å². The van der Waals surface area contributed by atoms with Gasteiger partial charge in [0.25, 0.3) is 5.91 Å². The highest BCUT2D eigenvalue weighted by molar-refractivity contribution is 7.18. The molecule has 0 atom stereocenters. The molecule has 0 spiro atoms. The van der Waals surface area contributed by atoms with Crippen molar-refractivity contribution in [2.45, 2.75) is 25.7 Å². The molecule has 1 aromatic rings. The quantitative estimate of drug-likeness (QED) is 0.802. The fourth-order valence-corrected chi connectivity index (χ4v) is 3.19. The molecular formula is C11H16N2O2S. The zero-order valence-electron chi connectivity index (χ0n) is 9.58. The van der Waals surface area contributed by atoms with E-state index in [1.54, 1.807) is 7.05 Å². The number of hydrogen-bond acceptors (Lipinski definition) is 4. The van der Waals surface area contributed by atoms with Gasteiger partial charge in [0.2, 0.25) is 0 Å². The van der Waals surface area contributed by atoms with Crippen molar-refractivity contribution < 1.29 is 9.63 Å². The summed E-state index contributed by atoms with van der Waals surface area (Å²) in [5.41, 5.74) is 8.27. The molecule has 16 heavy (non-hydrogen) atoms. The summed E-state index contributed by atoms with van der Waals surface area (Å²) in [5.74, 6) is -0.0950. The summed E-state index contributed by atoms with van der Waals surface area (Å²) in [6.45, 7) is 0. The average molecular weight is 240 g/mol. The molecule has 2 rings (SSSR count). The molecular weight excluding hydrogens is 224 g/mol. The van der Waals surface area contributed by atoms with Gasteiger partial charge in [-0.2, -0.15) is 0 Å². The number of hydrogen-bond donors (Lipinski definition) is 1. The molecule has 1 amide bonds. The van der Waals surface area contributed by atoms with E-state index in [4.69, 9.17) is 10.6 Å². The SMILES string of the molecule is CON(C)C(=O)c1sc(N)c2c1CCCC2. The number of nitrogens with zero attached hydrogens (tertiary/aromatic N) is 1. The molecule has 0 aliphatic heterocycles. The minimum atomic E-state index is -0.0950. The smallest absolute Gasteiger partial charge is 0.287 e. The molecule has 1 aliphatic carbocycles. The molecule has 0 radical (unpaired) electrons. The fourth-order valence-electron chi connectivity index (χ4n) is 2.06. The summed E-state index contributed by atoms with van der Waals surface area (Å²) in [6, 6.07) is 0. The second-order valence-electron chi connectivity index (χ2n) is 3.94. The molecule has 0 fully saturated rings. The molecule has 0 saturated carbocycles. The standard InChI is InChI=1S/C11H16N2O2S/c1-13(15-2)11(14)9-7-5-3-4-6-8(7)10(12)16-9/h3-6,12H2,1-2H3. The first-order valence-electron chi connectivity index (χ1n) is 5.37. The van der Waals surface area contributed by atoms with Gasteiger partial charge in [0.05, 0.1) is 17.0 Å². The van der Waals surface area contributed by atoms with Gasteiger partial charge in [-0.05, 0) is 36.8 Å². The maximum absolute atomic E-state index is 12.0. The first-order chi connectivity index (χ1) is 7.65. The summed E-state index contributed by atoms with van der Waals surface area (Å²) >= 11 is 1.39. The van der Waals surface area contributed by atoms with Crippen molar-refractivity contribution in [1.29, 1.82) is 0 Å². The Morgan fingerprint density at radius 1 is 1.38 bits per heavy atom. The molecule has 0 saturated heterocycles. The molecule has 2 N–H and O–H groups in total. The third kappa shape index (κ3) is 1.81. The van der Waals surface area contributed by atoms with Gasteiger partial charge in [-0.15, -0.1) is 11.3 Å². The average Bonchev–Trinajstić information content (AvgIpc) is 2.65. The van der Waals surface area contributed by atoms with Crippen LogP contribution in [0.4, 0.5) is 5.00 Å². The number of rotatable bonds is 2. The molecule has 5 heteroatoms. The number of anilines is 1. The van der Waals surface area contributed by atoms with Crippen LogP contribution in [0.15, 0.2) is 0 Å². The number of carbonyl (C=O) groups excluding carboxylic acids is 1. The summed E-state index contributed by atoms with van der Waals surface area (Å²) in [6.07, 6.45) is 4.27. The van der Waals surface area contributed by atoms with Crippen LogP contribution in [0.1, 0.15) is 33.6 Å². The number of nitrogen functional groups attached to an aromatic ring is 1. The van der Waals surface area contributed by atoms with Crippen LogP contribution >= 0.6 is 11.3 Å². The Balaban J connectivity index is 2.38. The Bertz CT molecular complexity index is 414. The molecule has 88 valence electrons. The summed E-state index contributed by atoms with van der Waals surface area (Å²) in [7, 11) is 3.11. The van der Waals surface area contributed by atoms with Crippen LogP contribution in [-0.4, -0.2) is 25.1 Å². The number of nitrogens with two attached hydrogens (primary N) is 1. The summed E-state index contributed by atoms with van der Waals surface area (Å²) in [5, 5.41) is 2.04. The first-order valence-corrected chi connectivity index (χ1v) is 6.19. The lowest BCUT2D eigenvalue weighted by Gasteiger charge is -2.16. The van der Waals surface area contributed by atoms with Crippen molar-refractivity contribution in [3.05, 3.63) is 16.0 Å². The van der Waals surface area contributed by atoms with Crippen LogP contribution in [0.25, 0.3) is 0 Å². The van der Waals surface area contributed by atoms with Gasteiger partial charge in [-0.25, -0.2) is 5.06 Å². The van der Waals surface area contributed by atoms with Crippen LogP contribution < -0.4 is 5.73 Å². The molecule has 4 nitrogen and oxygen atoms in total. The molecule has 0 bridgehead atoms. The summed E-state index contributed by atoms with van der Waals surface area (Å²) in [4.78, 5) is 17.7. The van der Waals surface area contributed by atoms with Crippen molar-refractivity contribution in [3.63, 3.8) is 0 Å². The van der Waals surface area contributed by atoms with Crippen molar-refractivity contribution in [2.24, 2.45) is 0 Å². The van der Waals surface area contributed by atoms with Crippen LogP contribution in [0.3, 0.4) is 0 Å². The molecule has 1 aromatic heterocycles. The van der Waals surface area contributed by atoms with E-state index in [1.165, 1.54) is 35.5 Å². The van der Waals surface area contributed by atoms with Crippen molar-refractivity contribution >= 4 is 22.2 Å². The lowest BCUT2D eigenvalue weighted by molar-refractivity contribution is -0.0754. The second kappa shape index (κ2) is 4.43. The lowest BCUT2D eigenvalue weighted by Crippen LogP contribution is -2.25. The first kappa shape index (κ1) is 11.4. The summed E-state index contributed by atoms with van der Waals surface area (Å²) < 4.78 is 0. The zero-order valence-corrected chi connectivity index (χ0v) is 10.4. The van der Waals surface area contributed by atoms with E-state index in [0.717, 1.165) is 34.7 Å². The maximum atomic E-state index is 12.0. The lowest BCUT2D eigenvalue weighted by atomic mass is 9.93. The van der Waals surface area contributed by atoms with E-state index in [9.17, 15) is 4.79 Å². The molecule has 0 aromatic carbocycles. The third-order valence-electron chi connectivity index (χ3n) is 3.01. The Morgan fingerprint density at radius 3 is 2.62 bits per heavy atom. The molecule has 1 heterocycles. The van der Waals surface area contributed by atoms with E-state index in [2.05, 4.69) is 0 Å². The van der Waals surface area contributed by atoms with Gasteiger partial charge >= 0.3 is 0 Å². The van der Waals surface area contributed by atoms with Gasteiger partial charge in [0, 0.05) is 7.05 Å². The van der Waals surface area contributed by atoms with Crippen molar-refractivity contribution in [2.75, 3.05) is 19.9 Å². The minimum Gasteiger partial charge on any atom is -0.390 e. The predicted octanol–water partition coefficient (Wildman–Crippen LogP) is 1.84. The highest BCUT2D eigenvalue weighted by Gasteiger charge is 2.25. The van der Waals surface area contributed by atoms with Gasteiger partial charge < -0.3 is 5.73 Å². The van der Waals surface area contributed by atoms with Gasteiger partial charge in [0.1, 0.15) is 0 Å².